The van der Waals surface area contributed by atoms with E-state index in [2.05, 4.69) is 21.2 Å². The van der Waals surface area contributed by atoms with Gasteiger partial charge in [-0.25, -0.2) is 9.82 Å². The lowest BCUT2D eigenvalue weighted by Crippen LogP contribution is -2.15. The van der Waals surface area contributed by atoms with Gasteiger partial charge in [-0.05, 0) is 47.5 Å². The number of nitrogens with one attached hydrogen (secondary N) is 3. The van der Waals surface area contributed by atoms with Crippen molar-refractivity contribution in [3.05, 3.63) is 95.1 Å². The number of nitrogens with zero attached hydrogens (tertiary/aromatic N) is 1. The number of hydrazine groups is 1. The third-order valence-corrected chi connectivity index (χ3v) is 6.03. The average molecular weight is 477 g/mol. The number of pyridine rings is 1. The number of hydrogen-bond donors (Lipinski definition) is 5. The second-order valence-corrected chi connectivity index (χ2v) is 8.44. The molecule has 0 bridgehead atoms. The van der Waals surface area contributed by atoms with Gasteiger partial charge in [-0.1, -0.05) is 48.0 Å². The number of anilines is 2. The van der Waals surface area contributed by atoms with Crippen molar-refractivity contribution in [2.24, 2.45) is 0 Å². The molecule has 1 aliphatic heterocycles. The summed E-state index contributed by atoms with van der Waals surface area (Å²) < 4.78 is 14.4. The van der Waals surface area contributed by atoms with E-state index in [1.165, 1.54) is 6.07 Å². The summed E-state index contributed by atoms with van der Waals surface area (Å²) in [5.74, 6) is 0.0317. The molecule has 2 unspecified atom stereocenters. The van der Waals surface area contributed by atoms with E-state index in [1.54, 1.807) is 30.5 Å². The van der Waals surface area contributed by atoms with Crippen LogP contribution in [0.2, 0.25) is 5.02 Å². The summed E-state index contributed by atoms with van der Waals surface area (Å²) in [5, 5.41) is 24.3. The number of aliphatic hydroxyl groups is 1. The summed E-state index contributed by atoms with van der Waals surface area (Å²) in [7, 11) is 0. The molecule has 0 spiro atoms. The lowest BCUT2D eigenvalue weighted by Gasteiger charge is -2.20. The fraction of sp³-hybridized carbons (Fsp3) is 0.115. The number of aromatic hydroxyl groups is 1. The fourth-order valence-electron chi connectivity index (χ4n) is 4.07. The van der Waals surface area contributed by atoms with Gasteiger partial charge in [0.2, 0.25) is 0 Å². The highest BCUT2D eigenvalue weighted by molar-refractivity contribution is 6.31. The molecule has 4 aromatic rings. The van der Waals surface area contributed by atoms with Crippen molar-refractivity contribution in [2.45, 2.75) is 12.3 Å². The van der Waals surface area contributed by atoms with Crippen LogP contribution >= 0.6 is 11.6 Å². The maximum absolute atomic E-state index is 14.4. The highest BCUT2D eigenvalue weighted by atomic mass is 35.5. The lowest BCUT2D eigenvalue weighted by atomic mass is 9.96. The molecule has 2 atom stereocenters. The molecule has 6 nitrogen and oxygen atoms in total. The lowest BCUT2D eigenvalue weighted by molar-refractivity contribution is 0.276. The molecule has 5 rings (SSSR count). The van der Waals surface area contributed by atoms with Crippen LogP contribution < -0.4 is 16.2 Å². The number of rotatable bonds is 6. The van der Waals surface area contributed by atoms with E-state index in [1.807, 2.05) is 42.5 Å². The number of fused-ring (bicyclic) bond motifs is 1. The minimum Gasteiger partial charge on any atom is -0.507 e. The zero-order valence-electron chi connectivity index (χ0n) is 18.0. The predicted molar refractivity (Wildman–Crippen MR) is 132 cm³/mol. The molecule has 5 N–H and O–H groups in total. The van der Waals surface area contributed by atoms with Gasteiger partial charge in [0.05, 0.1) is 35.9 Å². The van der Waals surface area contributed by atoms with Crippen molar-refractivity contribution in [2.75, 3.05) is 17.3 Å². The van der Waals surface area contributed by atoms with Gasteiger partial charge >= 0.3 is 0 Å². The van der Waals surface area contributed by atoms with E-state index in [9.17, 15) is 14.6 Å². The summed E-state index contributed by atoms with van der Waals surface area (Å²) in [6.45, 7) is -0.115. The van der Waals surface area contributed by atoms with Crippen LogP contribution in [0.1, 0.15) is 23.5 Å². The van der Waals surface area contributed by atoms with Gasteiger partial charge < -0.3 is 21.0 Å². The Hall–Kier alpha value is -3.65. The summed E-state index contributed by atoms with van der Waals surface area (Å²) in [6, 6.07) is 21.3. The molecule has 0 aliphatic carbocycles. The van der Waals surface area contributed by atoms with Crippen LogP contribution in [0.4, 0.5) is 15.8 Å². The second kappa shape index (κ2) is 9.30. The van der Waals surface area contributed by atoms with Gasteiger partial charge in [0.25, 0.3) is 0 Å². The molecule has 0 saturated heterocycles. The van der Waals surface area contributed by atoms with Crippen molar-refractivity contribution in [3.8, 4) is 28.1 Å². The molecule has 8 heteroatoms. The molecule has 1 aliphatic rings. The van der Waals surface area contributed by atoms with Crippen molar-refractivity contribution < 1.29 is 14.6 Å². The summed E-state index contributed by atoms with van der Waals surface area (Å²) in [4.78, 5) is 4.63. The van der Waals surface area contributed by atoms with Gasteiger partial charge in [0.1, 0.15) is 5.75 Å². The normalized spacial score (nSPS) is 15.4. The fourth-order valence-corrected chi connectivity index (χ4v) is 4.24. The van der Waals surface area contributed by atoms with Crippen LogP contribution in [0.15, 0.2) is 79.0 Å². The van der Waals surface area contributed by atoms with Crippen molar-refractivity contribution in [1.29, 1.82) is 0 Å². The largest absolute Gasteiger partial charge is 0.507 e. The quantitative estimate of drug-likeness (QED) is 0.225. The first kappa shape index (κ1) is 22.2. The second-order valence-electron chi connectivity index (χ2n) is 8.01. The van der Waals surface area contributed by atoms with E-state index in [0.717, 1.165) is 11.1 Å². The molecule has 0 fully saturated rings. The van der Waals surface area contributed by atoms with Gasteiger partial charge in [-0.3, -0.25) is 4.98 Å². The molecular formula is C26H22ClFN4O2. The minimum absolute atomic E-state index is 0.0317. The molecule has 3 aromatic carbocycles. The Morgan fingerprint density at radius 3 is 2.65 bits per heavy atom. The molecule has 0 radical (unpaired) electrons. The third kappa shape index (κ3) is 4.28. The number of hydrogen-bond acceptors (Lipinski definition) is 6. The van der Waals surface area contributed by atoms with Crippen LogP contribution in [0.5, 0.6) is 5.75 Å². The molecule has 0 saturated carbocycles. The number of halogens is 2. The van der Waals surface area contributed by atoms with E-state index in [4.69, 9.17) is 11.6 Å². The zero-order chi connectivity index (χ0) is 23.7. The van der Waals surface area contributed by atoms with E-state index in [0.29, 0.717) is 38.8 Å². The summed E-state index contributed by atoms with van der Waals surface area (Å²) in [5.41, 5.74) is 10.5. The Morgan fingerprint density at radius 2 is 1.85 bits per heavy atom. The van der Waals surface area contributed by atoms with Crippen molar-refractivity contribution >= 4 is 23.0 Å². The van der Waals surface area contributed by atoms with Crippen LogP contribution in [0.25, 0.3) is 22.4 Å². The number of alkyl halides is 1. The Morgan fingerprint density at radius 1 is 1.03 bits per heavy atom. The molecule has 34 heavy (non-hydrogen) atoms. The topological polar surface area (TPSA) is 89.4 Å². The first-order valence-electron chi connectivity index (χ1n) is 10.7. The van der Waals surface area contributed by atoms with Gasteiger partial charge in [0.15, 0.2) is 6.30 Å². The maximum atomic E-state index is 14.4. The molecule has 0 amide bonds. The van der Waals surface area contributed by atoms with Crippen LogP contribution in [0.3, 0.4) is 0 Å². The Bertz CT molecular complexity index is 1340. The van der Waals surface area contributed by atoms with Gasteiger partial charge in [-0.2, -0.15) is 0 Å². The monoisotopic (exact) mass is 476 g/mol. The Labute approximate surface area is 201 Å². The number of phenols is 1. The first-order valence-corrected chi connectivity index (χ1v) is 11.1. The number of phenolic OH excluding ortho intramolecular Hbond substituents is 1. The predicted octanol–water partition coefficient (Wildman–Crippen LogP) is 5.82. The standard InChI is InChI=1S/C26H22ClFN4O2/c27-17-7-9-24(34)21(11-17)25-19(16-6-8-22-20(10-16)26(28)32-31-22)12-18(13-29-25)30-23(14-33)15-4-2-1-3-5-15/h1-13,23,26,30-34H,14H2. The van der Waals surface area contributed by atoms with Gasteiger partial charge in [-0.15, -0.1) is 0 Å². The highest BCUT2D eigenvalue weighted by Crippen LogP contribution is 2.40. The number of aliphatic hydroxyl groups excluding tert-OH is 1. The zero-order valence-corrected chi connectivity index (χ0v) is 18.7. The Kier molecular flexibility index (Phi) is 6.06. The summed E-state index contributed by atoms with van der Waals surface area (Å²) in [6.07, 6.45) is 0.295. The Balaban J connectivity index is 1.62. The average Bonchev–Trinajstić information content (AvgIpc) is 3.24. The van der Waals surface area contributed by atoms with E-state index >= 15 is 0 Å². The SMILES string of the molecule is OCC(Nc1cnc(-c2cc(Cl)ccc2O)c(-c2ccc3c(c2)C(F)NN3)c1)c1ccccc1. The molecular weight excluding hydrogens is 455 g/mol. The first-order chi connectivity index (χ1) is 16.5. The molecule has 172 valence electrons. The maximum Gasteiger partial charge on any atom is 0.195 e. The minimum atomic E-state index is -1.34. The smallest absolute Gasteiger partial charge is 0.195 e. The van der Waals surface area contributed by atoms with Crippen LogP contribution in [0, 0.1) is 0 Å². The van der Waals surface area contributed by atoms with Crippen molar-refractivity contribution in [1.82, 2.24) is 10.4 Å². The number of aromatic nitrogens is 1. The molecule has 2 heterocycles. The van der Waals surface area contributed by atoms with Crippen LogP contribution in [-0.4, -0.2) is 21.8 Å². The van der Waals surface area contributed by atoms with Crippen molar-refractivity contribution in [3.63, 3.8) is 0 Å². The van der Waals surface area contributed by atoms with Crippen LogP contribution in [-0.2, 0) is 0 Å². The van der Waals surface area contributed by atoms with Gasteiger partial charge in [0, 0.05) is 21.7 Å². The summed E-state index contributed by atoms with van der Waals surface area (Å²) >= 11 is 6.20. The number of benzene rings is 3. The molecule has 1 aromatic heterocycles. The van der Waals surface area contributed by atoms with E-state index in [-0.39, 0.29) is 18.4 Å². The third-order valence-electron chi connectivity index (χ3n) is 5.80. The van der Waals surface area contributed by atoms with E-state index < -0.39 is 6.30 Å². The highest BCUT2D eigenvalue weighted by Gasteiger charge is 2.23.